The third kappa shape index (κ3) is 3.13. The van der Waals surface area contributed by atoms with Crippen LogP contribution in [0.2, 0.25) is 0 Å². The van der Waals surface area contributed by atoms with E-state index in [-0.39, 0.29) is 6.61 Å². The molecule has 1 aromatic heterocycles. The number of hydrogen-bond donors (Lipinski definition) is 3. The number of thioether (sulfide) groups is 1. The molecule has 124 valence electrons. The molecule has 3 rings (SSSR count). The second kappa shape index (κ2) is 6.98. The second-order valence-electron chi connectivity index (χ2n) is 5.38. The minimum atomic E-state index is -1.08. The number of benzene rings is 1. The van der Waals surface area contributed by atoms with Gasteiger partial charge < -0.3 is 20.1 Å². The van der Waals surface area contributed by atoms with Crippen molar-refractivity contribution in [3.8, 4) is 11.3 Å². The fraction of sp³-hybridized carbons (Fsp3) is 0.467. The maximum Gasteiger partial charge on any atom is 0.131 e. The molecule has 1 aliphatic heterocycles. The summed E-state index contributed by atoms with van der Waals surface area (Å²) in [6.07, 6.45) is 0.666. The van der Waals surface area contributed by atoms with Crippen molar-refractivity contribution in [2.24, 2.45) is 0 Å². The summed E-state index contributed by atoms with van der Waals surface area (Å²) in [4.78, 5) is 0. The highest BCUT2D eigenvalue weighted by Crippen LogP contribution is 2.34. The van der Waals surface area contributed by atoms with E-state index in [2.05, 4.69) is 10.3 Å². The molecule has 0 aliphatic carbocycles. The first-order chi connectivity index (χ1) is 11.2. The molecule has 1 aliphatic rings. The van der Waals surface area contributed by atoms with Gasteiger partial charge in [0, 0.05) is 5.56 Å². The summed E-state index contributed by atoms with van der Waals surface area (Å²) in [5.41, 5.74) is 0.998. The van der Waals surface area contributed by atoms with E-state index in [1.54, 1.807) is 12.5 Å². The second-order valence-corrected chi connectivity index (χ2v) is 6.32. The molecule has 23 heavy (non-hydrogen) atoms. The Morgan fingerprint density at radius 1 is 1.22 bits per heavy atom. The summed E-state index contributed by atoms with van der Waals surface area (Å²) in [5.74, 6) is 0. The van der Waals surface area contributed by atoms with Crippen molar-refractivity contribution < 1.29 is 20.1 Å². The van der Waals surface area contributed by atoms with Crippen molar-refractivity contribution in [3.63, 3.8) is 0 Å². The molecule has 2 heterocycles. The van der Waals surface area contributed by atoms with Gasteiger partial charge in [0.15, 0.2) is 0 Å². The summed E-state index contributed by atoms with van der Waals surface area (Å²) in [5, 5.41) is 38.4. The zero-order valence-electron chi connectivity index (χ0n) is 12.6. The van der Waals surface area contributed by atoms with Crippen molar-refractivity contribution in [3.05, 3.63) is 36.5 Å². The van der Waals surface area contributed by atoms with Crippen LogP contribution >= 0.6 is 11.8 Å². The molecule has 0 bridgehead atoms. The van der Waals surface area contributed by atoms with Gasteiger partial charge in [-0.25, -0.2) is 4.68 Å². The maximum atomic E-state index is 10.5. The average Bonchev–Trinajstić information content (AvgIpc) is 3.06. The van der Waals surface area contributed by atoms with Crippen molar-refractivity contribution in [1.82, 2.24) is 15.0 Å². The standard InChI is InChI=1S/C15H19N3O4S/c1-23-15-14(21)12(13(20)11(8-19)22-15)18-7-10(16-17-18)9-5-3-2-4-6-9/h2-7,11-15,19-21H,8H2,1H3/t11?,12?,13-,14?,15-/m0/s1. The molecule has 3 unspecified atom stereocenters. The number of aliphatic hydroxyl groups is 3. The lowest BCUT2D eigenvalue weighted by atomic mass is 9.97. The fourth-order valence-electron chi connectivity index (χ4n) is 2.74. The molecule has 3 N–H and O–H groups in total. The van der Waals surface area contributed by atoms with Crippen LogP contribution in [0.1, 0.15) is 6.04 Å². The predicted octanol–water partition coefficient (Wildman–Crippen LogP) is 0.288. The van der Waals surface area contributed by atoms with E-state index in [0.717, 1.165) is 5.56 Å². The molecule has 7 nitrogen and oxygen atoms in total. The van der Waals surface area contributed by atoms with Gasteiger partial charge in [-0.2, -0.15) is 0 Å². The lowest BCUT2D eigenvalue weighted by molar-refractivity contribution is -0.178. The summed E-state index contributed by atoms with van der Waals surface area (Å²) >= 11 is 1.32. The first kappa shape index (κ1) is 16.4. The van der Waals surface area contributed by atoms with Crippen LogP contribution in [0.25, 0.3) is 11.3 Å². The molecule has 0 saturated carbocycles. The van der Waals surface area contributed by atoms with Crippen LogP contribution in [0.4, 0.5) is 0 Å². The minimum absolute atomic E-state index is 0.332. The minimum Gasteiger partial charge on any atom is -0.394 e. The number of ether oxygens (including phenoxy) is 1. The highest BCUT2D eigenvalue weighted by molar-refractivity contribution is 7.99. The van der Waals surface area contributed by atoms with E-state index in [1.807, 2.05) is 30.3 Å². The van der Waals surface area contributed by atoms with E-state index in [4.69, 9.17) is 4.74 Å². The Morgan fingerprint density at radius 2 is 1.96 bits per heavy atom. The number of aliphatic hydroxyl groups excluding tert-OH is 3. The van der Waals surface area contributed by atoms with Gasteiger partial charge in [0.1, 0.15) is 35.5 Å². The smallest absolute Gasteiger partial charge is 0.131 e. The van der Waals surface area contributed by atoms with Crippen LogP contribution in [0.5, 0.6) is 0 Å². The van der Waals surface area contributed by atoms with Gasteiger partial charge in [-0.15, -0.1) is 16.9 Å². The van der Waals surface area contributed by atoms with Crippen molar-refractivity contribution in [2.75, 3.05) is 12.9 Å². The van der Waals surface area contributed by atoms with Crippen LogP contribution in [0.15, 0.2) is 36.5 Å². The van der Waals surface area contributed by atoms with Gasteiger partial charge in [-0.1, -0.05) is 35.5 Å². The summed E-state index contributed by atoms with van der Waals surface area (Å²) in [6, 6.07) is 8.80. The molecule has 1 aromatic carbocycles. The molecule has 2 aromatic rings. The van der Waals surface area contributed by atoms with Crippen molar-refractivity contribution in [1.29, 1.82) is 0 Å². The van der Waals surface area contributed by atoms with Gasteiger partial charge in [-0.05, 0) is 6.26 Å². The SMILES string of the molecule is CS[C@@H]1OC(CO)[C@H](O)C(n2cc(-c3ccccc3)nn2)C1O. The van der Waals surface area contributed by atoms with E-state index in [9.17, 15) is 15.3 Å². The molecule has 1 fully saturated rings. The number of aromatic nitrogens is 3. The van der Waals surface area contributed by atoms with Crippen LogP contribution in [-0.4, -0.2) is 66.9 Å². The lowest BCUT2D eigenvalue weighted by Gasteiger charge is -2.41. The van der Waals surface area contributed by atoms with Gasteiger partial charge in [-0.3, -0.25) is 0 Å². The van der Waals surface area contributed by atoms with E-state index >= 15 is 0 Å². The zero-order valence-corrected chi connectivity index (χ0v) is 13.4. The fourth-order valence-corrected chi connectivity index (χ4v) is 3.43. The van der Waals surface area contributed by atoms with Crippen LogP contribution in [0.3, 0.4) is 0 Å². The first-order valence-corrected chi connectivity index (χ1v) is 8.57. The molecular formula is C15H19N3O4S. The molecule has 0 amide bonds. The zero-order chi connectivity index (χ0) is 16.4. The average molecular weight is 337 g/mol. The largest absolute Gasteiger partial charge is 0.394 e. The Morgan fingerprint density at radius 3 is 2.61 bits per heavy atom. The van der Waals surface area contributed by atoms with E-state index in [0.29, 0.717) is 5.69 Å². The van der Waals surface area contributed by atoms with Crippen LogP contribution in [-0.2, 0) is 4.74 Å². The van der Waals surface area contributed by atoms with Gasteiger partial charge in [0.05, 0.1) is 12.8 Å². The van der Waals surface area contributed by atoms with E-state index in [1.165, 1.54) is 16.4 Å². The Balaban J connectivity index is 1.91. The normalized spacial score (nSPS) is 31.2. The third-order valence-electron chi connectivity index (χ3n) is 3.97. The quantitative estimate of drug-likeness (QED) is 0.737. The lowest BCUT2D eigenvalue weighted by Crippen LogP contribution is -2.54. The number of nitrogens with zero attached hydrogens (tertiary/aromatic N) is 3. The Labute approximate surface area is 137 Å². The summed E-state index contributed by atoms with van der Waals surface area (Å²) in [7, 11) is 0. The predicted molar refractivity (Wildman–Crippen MR) is 85.8 cm³/mol. The van der Waals surface area contributed by atoms with Crippen molar-refractivity contribution in [2.45, 2.75) is 29.8 Å². The van der Waals surface area contributed by atoms with Crippen LogP contribution in [0, 0.1) is 0 Å². The first-order valence-electron chi connectivity index (χ1n) is 7.28. The van der Waals surface area contributed by atoms with Gasteiger partial charge in [0.2, 0.25) is 0 Å². The maximum absolute atomic E-state index is 10.5. The van der Waals surface area contributed by atoms with Gasteiger partial charge >= 0.3 is 0 Å². The Bertz CT molecular complexity index is 623. The van der Waals surface area contributed by atoms with Gasteiger partial charge in [0.25, 0.3) is 0 Å². The third-order valence-corrected chi connectivity index (χ3v) is 4.82. The molecule has 1 saturated heterocycles. The highest BCUT2D eigenvalue weighted by Gasteiger charge is 2.45. The van der Waals surface area contributed by atoms with Crippen LogP contribution < -0.4 is 0 Å². The molecular weight excluding hydrogens is 318 g/mol. The topological polar surface area (TPSA) is 101 Å². The molecule has 0 radical (unpaired) electrons. The monoisotopic (exact) mass is 337 g/mol. The number of hydrogen-bond acceptors (Lipinski definition) is 7. The van der Waals surface area contributed by atoms with E-state index < -0.39 is 29.8 Å². The van der Waals surface area contributed by atoms with Crippen molar-refractivity contribution >= 4 is 11.8 Å². The molecule has 0 spiro atoms. The summed E-state index contributed by atoms with van der Waals surface area (Å²) in [6.45, 7) is -0.332. The summed E-state index contributed by atoms with van der Waals surface area (Å²) < 4.78 is 6.95. The number of rotatable bonds is 4. The Kier molecular flexibility index (Phi) is 4.98. The Hall–Kier alpha value is -1.45. The highest BCUT2D eigenvalue weighted by atomic mass is 32.2. The molecule has 8 heteroatoms. The molecule has 5 atom stereocenters.